The van der Waals surface area contributed by atoms with Gasteiger partial charge in [-0.2, -0.15) is 0 Å². The van der Waals surface area contributed by atoms with Crippen LogP contribution >= 0.6 is 0 Å². The molecule has 3 aliphatic heterocycles. The van der Waals surface area contributed by atoms with Gasteiger partial charge in [0.1, 0.15) is 0 Å². The molecule has 2 aromatic carbocycles. The first kappa shape index (κ1) is 21.1. The minimum Gasteiger partial charge on any atom is -0.364 e. The Kier molecular flexibility index (Phi) is 5.13. The summed E-state index contributed by atoms with van der Waals surface area (Å²) >= 11 is 0. The quantitative estimate of drug-likeness (QED) is 0.611. The SMILES string of the molecule is CC(=O)Nc1ccc2c(c1)CC1(C(=O)NC(=O)NC1=O)[C@H]1CN(Cc3ccccc3)CCN21. The summed E-state index contributed by atoms with van der Waals surface area (Å²) in [6.07, 6.45) is 0.140. The van der Waals surface area contributed by atoms with Gasteiger partial charge in [0.2, 0.25) is 17.7 Å². The summed E-state index contributed by atoms with van der Waals surface area (Å²) in [4.78, 5) is 54.3. The van der Waals surface area contributed by atoms with Crippen molar-refractivity contribution in [1.82, 2.24) is 15.5 Å². The highest BCUT2D eigenvalue weighted by Gasteiger charge is 2.60. The smallest absolute Gasteiger partial charge is 0.328 e. The van der Waals surface area contributed by atoms with Crippen molar-refractivity contribution >= 4 is 35.1 Å². The van der Waals surface area contributed by atoms with Crippen molar-refractivity contribution in [2.24, 2.45) is 5.41 Å². The number of nitrogens with zero attached hydrogens (tertiary/aromatic N) is 2. The van der Waals surface area contributed by atoms with E-state index in [1.54, 1.807) is 0 Å². The van der Waals surface area contributed by atoms with Crippen LogP contribution in [0.15, 0.2) is 48.5 Å². The summed E-state index contributed by atoms with van der Waals surface area (Å²) < 4.78 is 0. The van der Waals surface area contributed by atoms with Crippen LogP contribution in [0.25, 0.3) is 0 Å². The Hall–Kier alpha value is -3.72. The molecule has 33 heavy (non-hydrogen) atoms. The summed E-state index contributed by atoms with van der Waals surface area (Å²) in [5.41, 5.74) is 2.03. The first-order valence-electron chi connectivity index (χ1n) is 11.0. The number of benzene rings is 2. The van der Waals surface area contributed by atoms with E-state index < -0.39 is 29.3 Å². The molecule has 0 unspecified atom stereocenters. The van der Waals surface area contributed by atoms with Gasteiger partial charge in [-0.1, -0.05) is 30.3 Å². The second kappa shape index (κ2) is 8.00. The lowest BCUT2D eigenvalue weighted by Gasteiger charge is -2.54. The molecular weight excluding hydrogens is 422 g/mol. The third-order valence-electron chi connectivity index (χ3n) is 6.73. The van der Waals surface area contributed by atoms with Gasteiger partial charge in [0.15, 0.2) is 5.41 Å². The maximum atomic E-state index is 13.3. The number of rotatable bonds is 3. The van der Waals surface area contributed by atoms with Crippen LogP contribution in [0.3, 0.4) is 0 Å². The molecule has 5 rings (SSSR count). The Balaban J connectivity index is 1.54. The van der Waals surface area contributed by atoms with E-state index in [2.05, 4.69) is 37.9 Å². The van der Waals surface area contributed by atoms with Gasteiger partial charge in [0.05, 0.1) is 6.04 Å². The fraction of sp³-hybridized carbons (Fsp3) is 0.333. The average molecular weight is 447 g/mol. The molecule has 170 valence electrons. The van der Waals surface area contributed by atoms with Gasteiger partial charge in [0, 0.05) is 44.5 Å². The second-order valence-corrected chi connectivity index (χ2v) is 8.84. The number of urea groups is 1. The number of carbonyl (C=O) groups is 4. The van der Waals surface area contributed by atoms with E-state index in [-0.39, 0.29) is 12.3 Å². The molecule has 3 heterocycles. The monoisotopic (exact) mass is 447 g/mol. The van der Waals surface area contributed by atoms with Gasteiger partial charge in [-0.05, 0) is 35.7 Å². The van der Waals surface area contributed by atoms with Crippen molar-refractivity contribution in [2.75, 3.05) is 29.9 Å². The van der Waals surface area contributed by atoms with Gasteiger partial charge in [-0.3, -0.25) is 29.9 Å². The number of nitrogens with one attached hydrogen (secondary N) is 3. The van der Waals surface area contributed by atoms with Crippen LogP contribution in [-0.4, -0.2) is 54.3 Å². The maximum absolute atomic E-state index is 13.3. The van der Waals surface area contributed by atoms with E-state index in [9.17, 15) is 19.2 Å². The Labute approximate surface area is 191 Å². The molecule has 3 aliphatic rings. The third kappa shape index (κ3) is 3.64. The molecule has 0 radical (unpaired) electrons. The largest absolute Gasteiger partial charge is 0.364 e. The zero-order chi connectivity index (χ0) is 23.2. The minimum absolute atomic E-state index is 0.140. The van der Waals surface area contributed by atoms with Gasteiger partial charge in [0.25, 0.3) is 0 Å². The highest BCUT2D eigenvalue weighted by atomic mass is 16.2. The lowest BCUT2D eigenvalue weighted by Crippen LogP contribution is -2.74. The number of fused-ring (bicyclic) bond motifs is 4. The molecule has 1 spiro atoms. The number of piperazine rings is 1. The van der Waals surface area contributed by atoms with Gasteiger partial charge in [-0.15, -0.1) is 0 Å². The van der Waals surface area contributed by atoms with Crippen molar-refractivity contribution < 1.29 is 19.2 Å². The molecule has 2 aromatic rings. The summed E-state index contributed by atoms with van der Waals surface area (Å²) in [6.45, 7) is 4.02. The van der Waals surface area contributed by atoms with Crippen molar-refractivity contribution in [1.29, 1.82) is 0 Å². The second-order valence-electron chi connectivity index (χ2n) is 8.84. The van der Waals surface area contributed by atoms with E-state index in [0.717, 1.165) is 23.4 Å². The summed E-state index contributed by atoms with van der Waals surface area (Å²) in [5.74, 6) is -1.36. The number of hydrogen-bond acceptors (Lipinski definition) is 6. The molecular formula is C24H25N5O4. The summed E-state index contributed by atoms with van der Waals surface area (Å²) in [7, 11) is 0. The fourth-order valence-corrected chi connectivity index (χ4v) is 5.27. The van der Waals surface area contributed by atoms with Crippen molar-refractivity contribution in [3.8, 4) is 0 Å². The fourth-order valence-electron chi connectivity index (χ4n) is 5.27. The number of imide groups is 2. The normalized spacial score (nSPS) is 21.7. The van der Waals surface area contributed by atoms with E-state index in [1.807, 2.05) is 36.4 Å². The number of barbiturate groups is 1. The van der Waals surface area contributed by atoms with Gasteiger partial charge in [-0.25, -0.2) is 4.79 Å². The van der Waals surface area contributed by atoms with Crippen LogP contribution < -0.4 is 20.9 Å². The predicted octanol–water partition coefficient (Wildman–Crippen LogP) is 1.24. The van der Waals surface area contributed by atoms with E-state index in [0.29, 0.717) is 25.3 Å². The van der Waals surface area contributed by atoms with Crippen molar-refractivity contribution in [3.05, 3.63) is 59.7 Å². The van der Waals surface area contributed by atoms with Crippen molar-refractivity contribution in [3.63, 3.8) is 0 Å². The first-order valence-corrected chi connectivity index (χ1v) is 11.0. The Bertz CT molecular complexity index is 1130. The molecule has 5 amide bonds. The van der Waals surface area contributed by atoms with E-state index in [1.165, 1.54) is 6.92 Å². The van der Waals surface area contributed by atoms with Crippen LogP contribution in [0.2, 0.25) is 0 Å². The zero-order valence-electron chi connectivity index (χ0n) is 18.3. The van der Waals surface area contributed by atoms with Crippen LogP contribution in [0.4, 0.5) is 16.2 Å². The summed E-state index contributed by atoms with van der Waals surface area (Å²) in [6, 6.07) is 14.4. The molecule has 9 heteroatoms. The average Bonchev–Trinajstić information content (AvgIpc) is 2.77. The minimum atomic E-state index is -1.45. The molecule has 1 atom stereocenters. The van der Waals surface area contributed by atoms with Crippen LogP contribution in [0.1, 0.15) is 18.1 Å². The molecule has 0 aliphatic carbocycles. The highest BCUT2D eigenvalue weighted by Crippen LogP contribution is 2.45. The Morgan fingerprint density at radius 1 is 1.06 bits per heavy atom. The molecule has 9 nitrogen and oxygen atoms in total. The number of carbonyl (C=O) groups excluding carboxylic acids is 4. The Morgan fingerprint density at radius 3 is 2.48 bits per heavy atom. The lowest BCUT2D eigenvalue weighted by molar-refractivity contribution is -0.147. The Morgan fingerprint density at radius 2 is 1.79 bits per heavy atom. The van der Waals surface area contributed by atoms with Crippen LogP contribution in [0, 0.1) is 5.41 Å². The topological polar surface area (TPSA) is 111 Å². The van der Waals surface area contributed by atoms with Crippen LogP contribution in [-0.2, 0) is 27.3 Å². The molecule has 2 saturated heterocycles. The van der Waals surface area contributed by atoms with Gasteiger partial charge < -0.3 is 10.2 Å². The van der Waals surface area contributed by atoms with E-state index in [4.69, 9.17) is 0 Å². The summed E-state index contributed by atoms with van der Waals surface area (Å²) in [5, 5.41) is 7.40. The van der Waals surface area contributed by atoms with Gasteiger partial charge >= 0.3 is 6.03 Å². The van der Waals surface area contributed by atoms with E-state index >= 15 is 0 Å². The molecule has 0 saturated carbocycles. The lowest BCUT2D eigenvalue weighted by atomic mass is 9.68. The number of anilines is 2. The molecule has 0 bridgehead atoms. The molecule has 3 N–H and O–H groups in total. The predicted molar refractivity (Wildman–Crippen MR) is 121 cm³/mol. The maximum Gasteiger partial charge on any atom is 0.328 e. The highest BCUT2D eigenvalue weighted by molar-refractivity contribution is 6.20. The number of amides is 5. The standard InChI is InChI=1S/C24H25N5O4/c1-15(30)25-18-7-8-19-17(11-18)12-24(21(31)26-23(33)27-22(24)32)20-14-28(9-10-29(19)20)13-16-5-3-2-4-6-16/h2-8,11,20H,9-10,12-14H2,1H3,(H,25,30)(H2,26,27,31,32,33)/t20-/m1/s1. The first-order chi connectivity index (χ1) is 15.9. The third-order valence-corrected chi connectivity index (χ3v) is 6.73. The van der Waals surface area contributed by atoms with Crippen molar-refractivity contribution in [2.45, 2.75) is 25.9 Å². The van der Waals surface area contributed by atoms with Crippen LogP contribution in [0.5, 0.6) is 0 Å². The number of hydrogen-bond donors (Lipinski definition) is 3. The molecule has 2 fully saturated rings. The zero-order valence-corrected chi connectivity index (χ0v) is 18.3. The molecule has 0 aromatic heterocycles.